The van der Waals surface area contributed by atoms with Gasteiger partial charge in [-0.3, -0.25) is 4.79 Å². The van der Waals surface area contributed by atoms with Crippen LogP contribution in [0.1, 0.15) is 10.4 Å². The van der Waals surface area contributed by atoms with Crippen LogP contribution in [0.2, 0.25) is 0 Å². The molecule has 0 heterocycles. The van der Waals surface area contributed by atoms with E-state index in [1.54, 1.807) is 0 Å². The van der Waals surface area contributed by atoms with Crippen molar-refractivity contribution in [2.75, 3.05) is 5.33 Å². The molecule has 0 radical (unpaired) electrons. The van der Waals surface area contributed by atoms with Crippen LogP contribution >= 0.6 is 15.9 Å². The highest BCUT2D eigenvalue weighted by atomic mass is 79.9. The van der Waals surface area contributed by atoms with Gasteiger partial charge in [0.25, 0.3) is 0 Å². The molecule has 1 rings (SSSR count). The van der Waals surface area contributed by atoms with Gasteiger partial charge in [0.1, 0.15) is 5.75 Å². The van der Waals surface area contributed by atoms with Crippen molar-refractivity contribution in [3.8, 4) is 5.75 Å². The number of carbonyl (C=O) groups excluding carboxylic acids is 1. The van der Waals surface area contributed by atoms with E-state index in [4.69, 9.17) is 0 Å². The summed E-state index contributed by atoms with van der Waals surface area (Å²) in [5, 5.41) is -0.117. The van der Waals surface area contributed by atoms with Crippen molar-refractivity contribution in [3.63, 3.8) is 0 Å². The van der Waals surface area contributed by atoms with E-state index >= 15 is 0 Å². The van der Waals surface area contributed by atoms with E-state index in [1.807, 2.05) is 0 Å². The molecule has 7 heteroatoms. The maximum absolute atomic E-state index is 12.7. The van der Waals surface area contributed by atoms with Gasteiger partial charge < -0.3 is 4.74 Å². The number of hydrogen-bond donors (Lipinski definition) is 0. The van der Waals surface area contributed by atoms with Gasteiger partial charge in [-0.25, -0.2) is 0 Å². The Balaban J connectivity index is 3.03. The van der Waals surface area contributed by atoms with E-state index in [1.165, 1.54) is 18.2 Å². The number of ether oxygens (including phenoxy) is 1. The summed E-state index contributed by atoms with van der Waals surface area (Å²) in [6, 6.07) is 4.98. The highest BCUT2D eigenvalue weighted by molar-refractivity contribution is 9.09. The Kier molecular flexibility index (Phi) is 4.50. The van der Waals surface area contributed by atoms with E-state index in [2.05, 4.69) is 20.7 Å². The Morgan fingerprint density at radius 1 is 1.35 bits per heavy atom. The number of Topliss-reactive ketones (excluding diaryl/α,β-unsaturated/α-hetero) is 1. The van der Waals surface area contributed by atoms with Crippen LogP contribution in [0.15, 0.2) is 24.3 Å². The Hall–Kier alpha value is -1.11. The predicted molar refractivity (Wildman–Crippen MR) is 56.1 cm³/mol. The van der Waals surface area contributed by atoms with Crippen molar-refractivity contribution in [1.29, 1.82) is 0 Å². The molecule has 1 aromatic carbocycles. The quantitative estimate of drug-likeness (QED) is 0.472. The van der Waals surface area contributed by atoms with E-state index in [9.17, 15) is 22.4 Å². The smallest absolute Gasteiger partial charge is 0.428 e. The fourth-order valence-corrected chi connectivity index (χ4v) is 1.35. The Morgan fingerprint density at radius 3 is 2.47 bits per heavy atom. The van der Waals surface area contributed by atoms with Crippen molar-refractivity contribution in [1.82, 2.24) is 0 Å². The lowest BCUT2D eigenvalue weighted by Gasteiger charge is -2.18. The topological polar surface area (TPSA) is 26.3 Å². The average molecular weight is 315 g/mol. The number of benzene rings is 1. The summed E-state index contributed by atoms with van der Waals surface area (Å²) in [7, 11) is 0. The molecule has 0 aromatic heterocycles. The van der Waals surface area contributed by atoms with E-state index < -0.39 is 24.1 Å². The second-order valence-electron chi connectivity index (χ2n) is 3.02. The molecule has 0 N–H and O–H groups in total. The minimum atomic E-state index is -4.62. The normalized spacial score (nSPS) is 11.6. The zero-order valence-electron chi connectivity index (χ0n) is 8.30. The van der Waals surface area contributed by atoms with Gasteiger partial charge in [-0.2, -0.15) is 17.6 Å². The zero-order valence-corrected chi connectivity index (χ0v) is 9.89. The van der Waals surface area contributed by atoms with Gasteiger partial charge in [0.15, 0.2) is 5.78 Å². The summed E-state index contributed by atoms with van der Waals surface area (Å²) < 4.78 is 53.1. The summed E-state index contributed by atoms with van der Waals surface area (Å²) >= 11 is 2.85. The second kappa shape index (κ2) is 5.48. The number of hydrogen-bond acceptors (Lipinski definition) is 2. The Labute approximate surface area is 103 Å². The molecule has 2 nitrogen and oxygen atoms in total. The fourth-order valence-electron chi connectivity index (χ4n) is 1.05. The van der Waals surface area contributed by atoms with Crippen molar-refractivity contribution in [2.45, 2.75) is 12.5 Å². The Bertz CT molecular complexity index is 409. The molecule has 0 saturated carbocycles. The van der Waals surface area contributed by atoms with Crippen molar-refractivity contribution in [3.05, 3.63) is 29.8 Å². The third kappa shape index (κ3) is 3.42. The molecule has 0 aliphatic carbocycles. The summed E-state index contributed by atoms with van der Waals surface area (Å²) in [5.74, 6) is -1.10. The molecular weight excluding hydrogens is 308 g/mol. The first kappa shape index (κ1) is 14.0. The summed E-state index contributed by atoms with van der Waals surface area (Å²) in [6.07, 6.45) is -8.59. The van der Waals surface area contributed by atoms with E-state index in [0.29, 0.717) is 0 Å². The van der Waals surface area contributed by atoms with Gasteiger partial charge in [0.2, 0.25) is 0 Å². The number of para-hydroxylation sites is 1. The molecule has 0 spiro atoms. The van der Waals surface area contributed by atoms with E-state index in [0.717, 1.165) is 6.07 Å². The van der Waals surface area contributed by atoms with Crippen LogP contribution in [0, 0.1) is 0 Å². The van der Waals surface area contributed by atoms with Gasteiger partial charge in [-0.15, -0.1) is 0 Å². The fraction of sp³-hybridized carbons (Fsp3) is 0.300. The minimum Gasteiger partial charge on any atom is -0.428 e. The summed E-state index contributed by atoms with van der Waals surface area (Å²) in [6.45, 7) is 0. The van der Waals surface area contributed by atoms with Gasteiger partial charge in [-0.05, 0) is 12.1 Å². The Morgan fingerprint density at radius 2 is 1.94 bits per heavy atom. The molecule has 0 saturated heterocycles. The SMILES string of the molecule is O=C(CBr)c1ccccc1OC(F)(F)C(F)F. The molecule has 0 aliphatic heterocycles. The van der Waals surface area contributed by atoms with Crippen LogP contribution in [-0.2, 0) is 0 Å². The largest absolute Gasteiger partial charge is 0.461 e. The maximum Gasteiger partial charge on any atom is 0.461 e. The average Bonchev–Trinajstić information content (AvgIpc) is 2.28. The third-order valence-electron chi connectivity index (χ3n) is 1.81. The lowest BCUT2D eigenvalue weighted by molar-refractivity contribution is -0.253. The lowest BCUT2D eigenvalue weighted by Crippen LogP contribution is -2.34. The molecule has 0 amide bonds. The first-order chi connectivity index (χ1) is 7.88. The van der Waals surface area contributed by atoms with Crippen molar-refractivity contribution >= 4 is 21.7 Å². The molecule has 0 fully saturated rings. The number of rotatable bonds is 5. The first-order valence-electron chi connectivity index (χ1n) is 4.41. The molecule has 94 valence electrons. The van der Waals surface area contributed by atoms with Crippen LogP contribution in [0.4, 0.5) is 17.6 Å². The third-order valence-corrected chi connectivity index (χ3v) is 2.32. The molecule has 0 aliphatic rings. The van der Waals surface area contributed by atoms with Crippen molar-refractivity contribution < 1.29 is 27.1 Å². The lowest BCUT2D eigenvalue weighted by atomic mass is 10.1. The number of carbonyl (C=O) groups is 1. The van der Waals surface area contributed by atoms with Gasteiger partial charge >= 0.3 is 12.5 Å². The second-order valence-corrected chi connectivity index (χ2v) is 3.58. The number of ketones is 1. The van der Waals surface area contributed by atoms with Crippen molar-refractivity contribution in [2.24, 2.45) is 0 Å². The van der Waals surface area contributed by atoms with Gasteiger partial charge in [0.05, 0.1) is 10.9 Å². The zero-order chi connectivity index (χ0) is 13.1. The van der Waals surface area contributed by atoms with E-state index in [-0.39, 0.29) is 10.9 Å². The number of alkyl halides is 5. The molecule has 0 unspecified atom stereocenters. The molecule has 1 aromatic rings. The van der Waals surface area contributed by atoms with Crippen LogP contribution in [0.25, 0.3) is 0 Å². The molecular formula is C10H7BrF4O2. The van der Waals surface area contributed by atoms with Gasteiger partial charge in [0, 0.05) is 0 Å². The summed E-state index contributed by atoms with van der Waals surface area (Å²) in [4.78, 5) is 11.3. The monoisotopic (exact) mass is 314 g/mol. The minimum absolute atomic E-state index is 0.117. The molecule has 0 bridgehead atoms. The summed E-state index contributed by atoms with van der Waals surface area (Å²) in [5.41, 5.74) is -0.176. The van der Waals surface area contributed by atoms with Crippen LogP contribution in [0.3, 0.4) is 0 Å². The number of halogens is 5. The maximum atomic E-state index is 12.7. The van der Waals surface area contributed by atoms with Crippen LogP contribution < -0.4 is 4.74 Å². The van der Waals surface area contributed by atoms with Gasteiger partial charge in [-0.1, -0.05) is 28.1 Å². The first-order valence-corrected chi connectivity index (χ1v) is 5.54. The molecule has 0 atom stereocenters. The van der Waals surface area contributed by atoms with Crippen LogP contribution in [0.5, 0.6) is 5.75 Å². The predicted octanol–water partition coefficient (Wildman–Crippen LogP) is 3.50. The molecule has 17 heavy (non-hydrogen) atoms. The highest BCUT2D eigenvalue weighted by Gasteiger charge is 2.44. The standard InChI is InChI=1S/C10H7BrF4O2/c11-5-7(16)6-3-1-2-4-8(6)17-10(14,15)9(12)13/h1-4,9H,5H2. The highest BCUT2D eigenvalue weighted by Crippen LogP contribution is 2.30. The van der Waals surface area contributed by atoms with Crippen LogP contribution in [-0.4, -0.2) is 23.6 Å².